The second-order valence-corrected chi connectivity index (χ2v) is 8.48. The van der Waals surface area contributed by atoms with E-state index in [0.29, 0.717) is 23.4 Å². The molecule has 0 radical (unpaired) electrons. The fraction of sp³-hybridized carbons (Fsp3) is 0.400. The van der Waals surface area contributed by atoms with Gasteiger partial charge in [-0.25, -0.2) is 4.79 Å². The number of aromatic nitrogens is 1. The number of ketones is 1. The molecule has 0 spiro atoms. The van der Waals surface area contributed by atoms with Crippen molar-refractivity contribution in [2.75, 3.05) is 33.3 Å². The van der Waals surface area contributed by atoms with Crippen LogP contribution in [0, 0.1) is 24.0 Å². The number of likely N-dealkylation sites (N-methyl/N-ethyl adjacent to an activating group) is 1. The number of aromatic amines is 1. The van der Waals surface area contributed by atoms with Gasteiger partial charge in [0.15, 0.2) is 0 Å². The van der Waals surface area contributed by atoms with Crippen molar-refractivity contribution in [3.63, 3.8) is 0 Å². The lowest BCUT2D eigenvalue weighted by Gasteiger charge is -2.28. The summed E-state index contributed by atoms with van der Waals surface area (Å²) in [4.78, 5) is 55.5. The van der Waals surface area contributed by atoms with Gasteiger partial charge in [0.05, 0.1) is 23.6 Å². The lowest BCUT2D eigenvalue weighted by molar-refractivity contribution is -0.384. The molecule has 2 aromatic rings. The van der Waals surface area contributed by atoms with Crippen LogP contribution < -0.4 is 0 Å². The van der Waals surface area contributed by atoms with Crippen LogP contribution in [0.15, 0.2) is 29.8 Å². The largest absolute Gasteiger partial charge is 0.507 e. The fourth-order valence-electron chi connectivity index (χ4n) is 4.57. The number of non-ortho nitro benzene ring substituents is 1. The highest BCUT2D eigenvalue weighted by atomic mass is 16.6. The van der Waals surface area contributed by atoms with Gasteiger partial charge >= 0.3 is 5.97 Å². The van der Waals surface area contributed by atoms with Crippen LogP contribution >= 0.6 is 0 Å². The molecule has 1 aromatic heterocycles. The first-order valence-electron chi connectivity index (χ1n) is 11.6. The SMILES string of the molecule is CCN(CC)CCN1C(=O)C(=O)/C(=C(/O)c2c(C)[nH]c(C(=O)OC)c2C)C1c1ccc([N+](=O)[O-])cc1. The number of rotatable bonds is 9. The molecule has 11 heteroatoms. The smallest absolute Gasteiger partial charge is 0.354 e. The van der Waals surface area contributed by atoms with Crippen LogP contribution in [0.3, 0.4) is 0 Å². The number of H-pyrrole nitrogens is 1. The summed E-state index contributed by atoms with van der Waals surface area (Å²) in [6.07, 6.45) is 0. The van der Waals surface area contributed by atoms with E-state index in [2.05, 4.69) is 9.88 Å². The van der Waals surface area contributed by atoms with Gasteiger partial charge in [0, 0.05) is 36.5 Å². The molecule has 11 nitrogen and oxygen atoms in total. The minimum absolute atomic E-state index is 0.124. The van der Waals surface area contributed by atoms with E-state index in [0.717, 1.165) is 13.1 Å². The Morgan fingerprint density at radius 2 is 1.81 bits per heavy atom. The van der Waals surface area contributed by atoms with Crippen molar-refractivity contribution in [1.29, 1.82) is 0 Å². The molecular weight excluding hydrogens is 468 g/mol. The molecule has 0 bridgehead atoms. The lowest BCUT2D eigenvalue weighted by Crippen LogP contribution is -2.38. The molecule has 1 atom stereocenters. The van der Waals surface area contributed by atoms with E-state index in [4.69, 9.17) is 4.74 Å². The van der Waals surface area contributed by atoms with Gasteiger partial charge in [-0.05, 0) is 50.2 Å². The zero-order valence-electron chi connectivity index (χ0n) is 21.0. The Morgan fingerprint density at radius 3 is 2.33 bits per heavy atom. The van der Waals surface area contributed by atoms with Crippen LogP contribution in [0.25, 0.3) is 5.76 Å². The monoisotopic (exact) mass is 498 g/mol. The van der Waals surface area contributed by atoms with Gasteiger partial charge in [-0.15, -0.1) is 0 Å². The number of aryl methyl sites for hydroxylation is 1. The molecule has 0 saturated carbocycles. The molecule has 1 unspecified atom stereocenters. The van der Waals surface area contributed by atoms with Gasteiger partial charge in [0.2, 0.25) is 0 Å². The number of ether oxygens (including phenoxy) is 1. The molecule has 192 valence electrons. The molecule has 1 amide bonds. The number of nitro benzene ring substituents is 1. The molecule has 1 aromatic carbocycles. The van der Waals surface area contributed by atoms with Crippen molar-refractivity contribution in [3.8, 4) is 0 Å². The average Bonchev–Trinajstić information content (AvgIpc) is 3.30. The molecule has 3 rings (SSSR count). The summed E-state index contributed by atoms with van der Waals surface area (Å²) in [5, 5.41) is 22.5. The number of nitrogens with zero attached hydrogens (tertiary/aromatic N) is 3. The van der Waals surface area contributed by atoms with Gasteiger partial charge in [0.25, 0.3) is 17.4 Å². The maximum atomic E-state index is 13.3. The standard InChI is InChI=1S/C25H30N4O7/c1-6-27(7-2)12-13-28-21(16-8-10-17(11-9-16)29(34)35)19(23(31)24(28)32)22(30)18-14(3)20(25(33)36-5)26-15(18)4/h8-11,21,26,30H,6-7,12-13H2,1-5H3/b22-19+. The summed E-state index contributed by atoms with van der Waals surface area (Å²) < 4.78 is 4.79. The minimum Gasteiger partial charge on any atom is -0.507 e. The number of nitrogens with one attached hydrogen (secondary N) is 1. The Bertz CT molecular complexity index is 1230. The summed E-state index contributed by atoms with van der Waals surface area (Å²) in [6, 6.07) is 4.58. The summed E-state index contributed by atoms with van der Waals surface area (Å²) in [5.74, 6) is -2.70. The number of likely N-dealkylation sites (tertiary alicyclic amines) is 1. The van der Waals surface area contributed by atoms with Crippen LogP contribution in [0.1, 0.15) is 52.8 Å². The summed E-state index contributed by atoms with van der Waals surface area (Å²) >= 11 is 0. The lowest BCUT2D eigenvalue weighted by atomic mass is 9.94. The Morgan fingerprint density at radius 1 is 1.19 bits per heavy atom. The van der Waals surface area contributed by atoms with Crippen LogP contribution in [-0.2, 0) is 14.3 Å². The Kier molecular flexibility index (Phi) is 7.93. The van der Waals surface area contributed by atoms with Crippen molar-refractivity contribution in [2.24, 2.45) is 0 Å². The average molecular weight is 499 g/mol. The van der Waals surface area contributed by atoms with E-state index < -0.39 is 34.4 Å². The molecule has 36 heavy (non-hydrogen) atoms. The Labute approximate surface area is 208 Å². The van der Waals surface area contributed by atoms with E-state index in [-0.39, 0.29) is 29.1 Å². The predicted molar refractivity (Wildman–Crippen MR) is 132 cm³/mol. The zero-order chi connectivity index (χ0) is 26.7. The van der Waals surface area contributed by atoms with Gasteiger partial charge in [-0.2, -0.15) is 0 Å². The topological polar surface area (TPSA) is 146 Å². The van der Waals surface area contributed by atoms with Crippen molar-refractivity contribution in [2.45, 2.75) is 33.7 Å². The van der Waals surface area contributed by atoms with Gasteiger partial charge < -0.3 is 24.6 Å². The fourth-order valence-corrected chi connectivity index (χ4v) is 4.57. The van der Waals surface area contributed by atoms with Crippen molar-refractivity contribution >= 4 is 29.1 Å². The third-order valence-electron chi connectivity index (χ3n) is 6.57. The zero-order valence-corrected chi connectivity index (χ0v) is 21.0. The van der Waals surface area contributed by atoms with Gasteiger partial charge in [-0.3, -0.25) is 19.7 Å². The molecule has 1 fully saturated rings. The number of benzene rings is 1. The number of Topliss-reactive ketones (excluding diaryl/α,β-unsaturated/α-hetero) is 1. The molecule has 1 aliphatic rings. The number of aliphatic hydroxyl groups excluding tert-OH is 1. The summed E-state index contributed by atoms with van der Waals surface area (Å²) in [6.45, 7) is 9.42. The predicted octanol–water partition coefficient (Wildman–Crippen LogP) is 3.09. The van der Waals surface area contributed by atoms with E-state index in [1.165, 1.54) is 36.3 Å². The van der Waals surface area contributed by atoms with Crippen LogP contribution in [0.2, 0.25) is 0 Å². The van der Waals surface area contributed by atoms with E-state index in [9.17, 15) is 29.6 Å². The van der Waals surface area contributed by atoms with Crippen LogP contribution in [-0.4, -0.2) is 75.8 Å². The molecule has 0 aliphatic carbocycles. The number of methoxy groups -OCH3 is 1. The number of nitro groups is 1. The van der Waals surface area contributed by atoms with Crippen LogP contribution in [0.4, 0.5) is 5.69 Å². The number of aliphatic hydroxyl groups is 1. The minimum atomic E-state index is -0.961. The van der Waals surface area contributed by atoms with Gasteiger partial charge in [0.1, 0.15) is 11.5 Å². The van der Waals surface area contributed by atoms with Gasteiger partial charge in [-0.1, -0.05) is 13.8 Å². The Hall–Kier alpha value is -3.99. The van der Waals surface area contributed by atoms with E-state index >= 15 is 0 Å². The van der Waals surface area contributed by atoms with Crippen molar-refractivity contribution in [1.82, 2.24) is 14.8 Å². The summed E-state index contributed by atoms with van der Waals surface area (Å²) in [5.41, 5.74) is 1.30. The van der Waals surface area contributed by atoms with E-state index in [1.807, 2.05) is 13.8 Å². The number of carbonyl (C=O) groups excluding carboxylic acids is 3. The Balaban J connectivity index is 2.19. The highest BCUT2D eigenvalue weighted by Gasteiger charge is 2.46. The maximum absolute atomic E-state index is 13.3. The highest BCUT2D eigenvalue weighted by molar-refractivity contribution is 6.46. The number of carbonyl (C=O) groups is 3. The number of hydrogen-bond donors (Lipinski definition) is 2. The first kappa shape index (κ1) is 26.6. The molecule has 1 aliphatic heterocycles. The summed E-state index contributed by atoms with van der Waals surface area (Å²) in [7, 11) is 1.23. The quantitative estimate of drug-likeness (QED) is 0.134. The molecule has 2 N–H and O–H groups in total. The molecule has 1 saturated heterocycles. The third-order valence-corrected chi connectivity index (χ3v) is 6.57. The second kappa shape index (κ2) is 10.7. The van der Waals surface area contributed by atoms with Crippen LogP contribution in [0.5, 0.6) is 0 Å². The maximum Gasteiger partial charge on any atom is 0.354 e. The third kappa shape index (κ3) is 4.74. The molecular formula is C25H30N4O7. The van der Waals surface area contributed by atoms with E-state index in [1.54, 1.807) is 13.8 Å². The molecule has 2 heterocycles. The first-order chi connectivity index (χ1) is 17.1. The highest BCUT2D eigenvalue weighted by Crippen LogP contribution is 2.41. The normalized spacial score (nSPS) is 17.2. The van der Waals surface area contributed by atoms with Crippen molar-refractivity contribution in [3.05, 3.63) is 68.0 Å². The second-order valence-electron chi connectivity index (χ2n) is 8.48. The number of hydrogen-bond acceptors (Lipinski definition) is 8. The first-order valence-corrected chi connectivity index (χ1v) is 11.6. The number of esters is 1. The van der Waals surface area contributed by atoms with Crippen molar-refractivity contribution < 1.29 is 29.2 Å². The number of amides is 1.